The lowest BCUT2D eigenvalue weighted by molar-refractivity contribution is 0.0533. The summed E-state index contributed by atoms with van der Waals surface area (Å²) in [6.07, 6.45) is 2.98. The Labute approximate surface area is 128 Å². The van der Waals surface area contributed by atoms with E-state index in [1.54, 1.807) is 18.3 Å². The van der Waals surface area contributed by atoms with Gasteiger partial charge in [-0.3, -0.25) is 9.63 Å². The number of amides is 1. The maximum atomic E-state index is 14.0. The van der Waals surface area contributed by atoms with Crippen LogP contribution in [0.25, 0.3) is 5.52 Å². The van der Waals surface area contributed by atoms with Crippen LogP contribution in [0, 0.1) is 11.6 Å². The zero-order valence-corrected chi connectivity index (χ0v) is 11.9. The van der Waals surface area contributed by atoms with Crippen LogP contribution >= 0.6 is 0 Å². The average molecular weight is 319 g/mol. The second-order valence-corrected chi connectivity index (χ2v) is 4.52. The topological polar surface area (TPSA) is 80.5 Å². The number of anilines is 2. The molecule has 0 fully saturated rings. The van der Waals surface area contributed by atoms with Crippen molar-refractivity contribution in [2.24, 2.45) is 0 Å². The largest absolute Gasteiger partial charge is 0.336 e. The van der Waals surface area contributed by atoms with Gasteiger partial charge in [-0.1, -0.05) is 0 Å². The molecule has 0 bridgehead atoms. The van der Waals surface area contributed by atoms with Crippen LogP contribution in [0.2, 0.25) is 0 Å². The summed E-state index contributed by atoms with van der Waals surface area (Å²) in [7, 11) is 1.21. The molecule has 0 spiro atoms. The minimum absolute atomic E-state index is 0.102. The number of hydrogen-bond donors (Lipinski definition) is 2. The number of nitrogens with one attached hydrogen (secondary N) is 2. The average Bonchev–Trinajstić information content (AvgIpc) is 2.99. The van der Waals surface area contributed by atoms with Gasteiger partial charge in [0.1, 0.15) is 23.5 Å². The van der Waals surface area contributed by atoms with Gasteiger partial charge in [-0.25, -0.2) is 23.8 Å². The van der Waals surface area contributed by atoms with E-state index in [2.05, 4.69) is 20.2 Å². The molecule has 0 atom stereocenters. The van der Waals surface area contributed by atoms with Gasteiger partial charge < -0.3 is 5.32 Å². The number of benzene rings is 1. The van der Waals surface area contributed by atoms with Crippen LogP contribution in [0.15, 0.2) is 36.8 Å². The first-order chi connectivity index (χ1) is 11.1. The quantitative estimate of drug-likeness (QED) is 0.719. The predicted molar refractivity (Wildman–Crippen MR) is 77.1 cm³/mol. The van der Waals surface area contributed by atoms with Crippen molar-refractivity contribution in [3.05, 3.63) is 54.0 Å². The van der Waals surface area contributed by atoms with Crippen molar-refractivity contribution in [1.82, 2.24) is 20.1 Å². The highest BCUT2D eigenvalue weighted by atomic mass is 19.1. The standard InChI is InChI=1S/C14H11F2N5O2/c1-23-20-14(22)8-5-11(10(16)6-9(8)15)19-13-12-3-2-4-21(12)18-7-17-13/h2-7H,1H3,(H,20,22)(H,17,18,19). The van der Waals surface area contributed by atoms with E-state index in [1.807, 2.05) is 5.48 Å². The third kappa shape index (κ3) is 2.81. The molecule has 118 valence electrons. The van der Waals surface area contributed by atoms with Crippen molar-refractivity contribution in [2.75, 3.05) is 12.4 Å². The second-order valence-electron chi connectivity index (χ2n) is 4.52. The van der Waals surface area contributed by atoms with Gasteiger partial charge >= 0.3 is 0 Å². The fourth-order valence-electron chi connectivity index (χ4n) is 2.06. The van der Waals surface area contributed by atoms with Crippen LogP contribution in [-0.4, -0.2) is 27.6 Å². The van der Waals surface area contributed by atoms with E-state index in [9.17, 15) is 13.6 Å². The molecular weight excluding hydrogens is 308 g/mol. The Bertz CT molecular complexity index is 881. The van der Waals surface area contributed by atoms with E-state index in [4.69, 9.17) is 0 Å². The van der Waals surface area contributed by atoms with Crippen LogP contribution in [-0.2, 0) is 4.84 Å². The first-order valence-electron chi connectivity index (χ1n) is 6.48. The summed E-state index contributed by atoms with van der Waals surface area (Å²) >= 11 is 0. The van der Waals surface area contributed by atoms with Crippen LogP contribution in [0.3, 0.4) is 0 Å². The fraction of sp³-hybridized carbons (Fsp3) is 0.0714. The number of nitrogens with zero attached hydrogens (tertiary/aromatic N) is 3. The van der Waals surface area contributed by atoms with Crippen molar-refractivity contribution in [3.8, 4) is 0 Å². The molecule has 1 aromatic carbocycles. The van der Waals surface area contributed by atoms with Crippen molar-refractivity contribution in [1.29, 1.82) is 0 Å². The first-order valence-corrected chi connectivity index (χ1v) is 6.48. The Kier molecular flexibility index (Phi) is 3.85. The van der Waals surface area contributed by atoms with Gasteiger partial charge in [-0.05, 0) is 18.2 Å². The predicted octanol–water partition coefficient (Wildman–Crippen LogP) is 2.04. The Morgan fingerprint density at radius 3 is 2.91 bits per heavy atom. The highest BCUT2D eigenvalue weighted by molar-refractivity contribution is 5.95. The molecule has 1 amide bonds. The highest BCUT2D eigenvalue weighted by Gasteiger charge is 2.17. The molecule has 0 aliphatic heterocycles. The van der Waals surface area contributed by atoms with Crippen LogP contribution < -0.4 is 10.8 Å². The number of fused-ring (bicyclic) bond motifs is 1. The lowest BCUT2D eigenvalue weighted by Gasteiger charge is -2.10. The van der Waals surface area contributed by atoms with Crippen molar-refractivity contribution >= 4 is 22.9 Å². The van der Waals surface area contributed by atoms with E-state index < -0.39 is 17.5 Å². The van der Waals surface area contributed by atoms with Gasteiger partial charge in [0.05, 0.1) is 18.4 Å². The Balaban J connectivity index is 2.01. The molecule has 2 N–H and O–H groups in total. The Morgan fingerprint density at radius 2 is 2.13 bits per heavy atom. The molecule has 0 aliphatic carbocycles. The minimum Gasteiger partial charge on any atom is -0.336 e. The summed E-state index contributed by atoms with van der Waals surface area (Å²) in [5.41, 5.74) is 2.11. The number of hydrogen-bond acceptors (Lipinski definition) is 5. The third-order valence-electron chi connectivity index (χ3n) is 3.08. The van der Waals surface area contributed by atoms with Gasteiger partial charge in [-0.15, -0.1) is 0 Å². The van der Waals surface area contributed by atoms with E-state index >= 15 is 0 Å². The monoisotopic (exact) mass is 319 g/mol. The van der Waals surface area contributed by atoms with Crippen LogP contribution in [0.5, 0.6) is 0 Å². The number of rotatable bonds is 4. The summed E-state index contributed by atoms with van der Waals surface area (Å²) in [5.74, 6) is -2.38. The molecule has 0 radical (unpaired) electrons. The SMILES string of the molecule is CONC(=O)c1cc(Nc2ncnn3cccc23)c(F)cc1F. The molecule has 9 heteroatoms. The molecular formula is C14H11F2N5O2. The van der Waals surface area contributed by atoms with Crippen molar-refractivity contribution in [3.63, 3.8) is 0 Å². The van der Waals surface area contributed by atoms with Gasteiger partial charge in [0.2, 0.25) is 0 Å². The summed E-state index contributed by atoms with van der Waals surface area (Å²) < 4.78 is 29.2. The molecule has 2 heterocycles. The number of carbonyl (C=O) groups is 1. The van der Waals surface area contributed by atoms with Crippen molar-refractivity contribution < 1.29 is 18.4 Å². The van der Waals surface area contributed by atoms with E-state index in [1.165, 1.54) is 18.0 Å². The van der Waals surface area contributed by atoms with Crippen LogP contribution in [0.4, 0.5) is 20.3 Å². The van der Waals surface area contributed by atoms with E-state index in [0.29, 0.717) is 17.4 Å². The lowest BCUT2D eigenvalue weighted by atomic mass is 10.1. The zero-order valence-electron chi connectivity index (χ0n) is 11.9. The summed E-state index contributed by atoms with van der Waals surface area (Å²) in [6, 6.07) is 5.12. The molecule has 23 heavy (non-hydrogen) atoms. The summed E-state index contributed by atoms with van der Waals surface area (Å²) in [5, 5.41) is 6.71. The van der Waals surface area contributed by atoms with Gasteiger partial charge in [0, 0.05) is 12.3 Å². The fourth-order valence-corrected chi connectivity index (χ4v) is 2.06. The Morgan fingerprint density at radius 1 is 1.30 bits per heavy atom. The van der Waals surface area contributed by atoms with Gasteiger partial charge in [-0.2, -0.15) is 5.10 Å². The number of hydroxylamine groups is 1. The molecule has 2 aromatic heterocycles. The minimum atomic E-state index is -1.00. The number of halogens is 2. The second kappa shape index (κ2) is 5.97. The van der Waals surface area contributed by atoms with E-state index in [0.717, 1.165) is 6.07 Å². The molecule has 0 saturated carbocycles. The normalized spacial score (nSPS) is 10.7. The number of carbonyl (C=O) groups excluding carboxylic acids is 1. The smallest absolute Gasteiger partial charge is 0.277 e. The molecule has 0 aliphatic rings. The van der Waals surface area contributed by atoms with Gasteiger partial charge in [0.15, 0.2) is 5.82 Å². The van der Waals surface area contributed by atoms with E-state index in [-0.39, 0.29) is 11.3 Å². The maximum Gasteiger partial charge on any atom is 0.277 e. The maximum absolute atomic E-state index is 14.0. The molecule has 3 aromatic rings. The molecule has 3 rings (SSSR count). The van der Waals surface area contributed by atoms with Crippen molar-refractivity contribution in [2.45, 2.75) is 0 Å². The Hall–Kier alpha value is -3.07. The first kappa shape index (κ1) is 14.9. The summed E-state index contributed by atoms with van der Waals surface area (Å²) in [4.78, 5) is 20.2. The summed E-state index contributed by atoms with van der Waals surface area (Å²) in [6.45, 7) is 0. The van der Waals surface area contributed by atoms with Gasteiger partial charge in [0.25, 0.3) is 5.91 Å². The molecule has 0 unspecified atom stereocenters. The molecule has 0 saturated heterocycles. The lowest BCUT2D eigenvalue weighted by Crippen LogP contribution is -2.23. The highest BCUT2D eigenvalue weighted by Crippen LogP contribution is 2.24. The zero-order chi connectivity index (χ0) is 16.4. The number of aromatic nitrogens is 3. The van der Waals surface area contributed by atoms with Crippen LogP contribution in [0.1, 0.15) is 10.4 Å². The third-order valence-corrected chi connectivity index (χ3v) is 3.08. The molecule has 7 nitrogen and oxygen atoms in total.